The summed E-state index contributed by atoms with van der Waals surface area (Å²) >= 11 is 6.30. The third-order valence-corrected chi connectivity index (χ3v) is 13.1. The van der Waals surface area contributed by atoms with E-state index in [1.54, 1.807) is 36.2 Å². The van der Waals surface area contributed by atoms with Crippen LogP contribution in [-0.2, 0) is 34.4 Å². The van der Waals surface area contributed by atoms with Gasteiger partial charge in [-0.3, -0.25) is 9.78 Å². The molecule has 7 rings (SSSR count). The second-order valence-electron chi connectivity index (χ2n) is 16.8. The first kappa shape index (κ1) is 40.6. The van der Waals surface area contributed by atoms with Crippen LogP contribution in [0.25, 0.3) is 0 Å². The molecule has 1 aromatic heterocycles. The zero-order valence-electron chi connectivity index (χ0n) is 33.4. The topological polar surface area (TPSA) is 101 Å². The number of pyridine rings is 1. The number of hydrogen-bond acceptors (Lipinski definition) is 6. The highest BCUT2D eigenvalue weighted by molar-refractivity contribution is 6.30. The van der Waals surface area contributed by atoms with Gasteiger partial charge in [0.05, 0.1) is 13.2 Å². The van der Waals surface area contributed by atoms with Crippen LogP contribution in [-0.4, -0.2) is 52.7 Å². The number of carboxylic acid groups (broad SMARTS) is 1. The number of amides is 1. The molecule has 3 aromatic carbocycles. The number of carbonyl (C=O) groups excluding carboxylic acids is 1. The Kier molecular flexibility index (Phi) is 12.4. The maximum Gasteiger partial charge on any atom is 0.329 e. The molecule has 1 heterocycles. The molecule has 1 spiro atoms. The van der Waals surface area contributed by atoms with E-state index in [0.717, 1.165) is 49.2 Å². The first-order chi connectivity index (χ1) is 27.4. The Balaban J connectivity index is 1.05. The summed E-state index contributed by atoms with van der Waals surface area (Å²) in [5.41, 5.74) is 5.23. The van der Waals surface area contributed by atoms with E-state index < -0.39 is 11.5 Å². The minimum atomic E-state index is -1.11. The van der Waals surface area contributed by atoms with Crippen LogP contribution in [0.15, 0.2) is 79.0 Å². The number of nitrogens with one attached hydrogen (secondary N) is 1. The maximum atomic E-state index is 13.3. The summed E-state index contributed by atoms with van der Waals surface area (Å²) in [7, 11) is 1.76. The van der Waals surface area contributed by atoms with Crippen molar-refractivity contribution in [2.75, 3.05) is 25.6 Å². The molecule has 3 aliphatic rings. The number of aromatic nitrogens is 1. The van der Waals surface area contributed by atoms with Gasteiger partial charge in [0.2, 0.25) is 5.91 Å². The Bertz CT molecular complexity index is 2050. The van der Waals surface area contributed by atoms with Crippen LogP contribution in [0.5, 0.6) is 11.5 Å². The van der Waals surface area contributed by atoms with E-state index >= 15 is 0 Å². The lowest BCUT2D eigenvalue weighted by Crippen LogP contribution is -2.53. The largest absolute Gasteiger partial charge is 0.494 e. The van der Waals surface area contributed by atoms with Crippen LogP contribution in [0, 0.1) is 17.7 Å². The van der Waals surface area contributed by atoms with Gasteiger partial charge in [0.1, 0.15) is 22.9 Å². The zero-order chi connectivity index (χ0) is 40.2. The SMILES string of the molecule is C[C@@H](COc1ccnc2c1[C@H](C)CCC2)C[C@H]1Cc2ccc(OCCCC(=O)N(C)Cc3ccc(F)cc3)cc2C12CCC(Nc1cccc(Cl)c1)(C(=O)O)CC2. The molecule has 4 aromatic rings. The lowest BCUT2D eigenvalue weighted by atomic mass is 9.59. The summed E-state index contributed by atoms with van der Waals surface area (Å²) < 4.78 is 26.2. The van der Waals surface area contributed by atoms with E-state index in [0.29, 0.717) is 80.8 Å². The monoisotopic (exact) mass is 795 g/mol. The van der Waals surface area contributed by atoms with Crippen molar-refractivity contribution in [3.63, 3.8) is 0 Å². The number of carbonyl (C=O) groups is 2. The van der Waals surface area contributed by atoms with Gasteiger partial charge in [-0.05, 0) is 153 Å². The van der Waals surface area contributed by atoms with Crippen molar-refractivity contribution in [1.82, 2.24) is 9.88 Å². The number of rotatable bonds is 15. The van der Waals surface area contributed by atoms with Crippen LogP contribution in [0.1, 0.15) is 106 Å². The first-order valence-electron chi connectivity index (χ1n) is 20.6. The van der Waals surface area contributed by atoms with Crippen molar-refractivity contribution in [1.29, 1.82) is 0 Å². The van der Waals surface area contributed by atoms with Gasteiger partial charge < -0.3 is 24.8 Å². The van der Waals surface area contributed by atoms with Crippen LogP contribution in [0.3, 0.4) is 0 Å². The van der Waals surface area contributed by atoms with Crippen molar-refractivity contribution in [2.45, 2.75) is 108 Å². The summed E-state index contributed by atoms with van der Waals surface area (Å²) in [6.07, 6.45) is 10.3. The van der Waals surface area contributed by atoms with Crippen LogP contribution in [0.4, 0.5) is 10.1 Å². The number of carboxylic acids is 1. The van der Waals surface area contributed by atoms with E-state index in [9.17, 15) is 19.1 Å². The number of aliphatic carboxylic acids is 1. The zero-order valence-corrected chi connectivity index (χ0v) is 34.1. The van der Waals surface area contributed by atoms with Gasteiger partial charge in [-0.1, -0.05) is 49.7 Å². The number of hydrogen-bond donors (Lipinski definition) is 2. The Morgan fingerprint density at radius 1 is 1.05 bits per heavy atom. The van der Waals surface area contributed by atoms with Crippen LogP contribution in [0.2, 0.25) is 5.02 Å². The standard InChI is InChI=1S/C47H55ClFN3O5/c1-31(30-57-42-18-23-50-41-10-4-7-32(2)44(41)42)25-35-26-34-14-17-39(56-24-6-11-43(53)52(3)29-33-12-15-37(49)16-13-33)28-40(34)46(35)19-21-47(22-20-46,45(54)55)51-38-9-5-8-36(48)27-38/h5,8-9,12-18,23,27-28,31-32,35,51H,4,6-7,10-11,19-22,24-26,29-30H2,1-3H3,(H,54,55)/t31-,32-,35+,46?,47?/m1/s1. The quantitative estimate of drug-likeness (QED) is 0.116. The molecule has 2 N–H and O–H groups in total. The molecule has 0 radical (unpaired) electrons. The van der Waals surface area contributed by atoms with E-state index in [1.807, 2.05) is 30.5 Å². The summed E-state index contributed by atoms with van der Waals surface area (Å²) in [5.74, 6) is 1.60. The normalized spacial score (nSPS) is 23.0. The summed E-state index contributed by atoms with van der Waals surface area (Å²) in [5, 5.41) is 14.6. The Morgan fingerprint density at radius 2 is 1.84 bits per heavy atom. The lowest BCUT2D eigenvalue weighted by molar-refractivity contribution is -0.144. The second kappa shape index (κ2) is 17.5. The smallest absolute Gasteiger partial charge is 0.329 e. The Labute approximate surface area is 341 Å². The number of anilines is 1. The van der Waals surface area contributed by atoms with Crippen LogP contribution < -0.4 is 14.8 Å². The van der Waals surface area contributed by atoms with Crippen molar-refractivity contribution in [3.8, 4) is 11.5 Å². The fourth-order valence-electron chi connectivity index (χ4n) is 9.72. The highest BCUT2D eigenvalue weighted by Crippen LogP contribution is 2.57. The van der Waals surface area contributed by atoms with E-state index in [-0.39, 0.29) is 23.1 Å². The van der Waals surface area contributed by atoms with Gasteiger partial charge in [0, 0.05) is 48.2 Å². The third-order valence-electron chi connectivity index (χ3n) is 12.8. The molecule has 3 atom stereocenters. The second-order valence-corrected chi connectivity index (χ2v) is 17.3. The number of nitrogens with zero attached hydrogens (tertiary/aromatic N) is 2. The van der Waals surface area contributed by atoms with Crippen molar-refractivity contribution in [2.24, 2.45) is 11.8 Å². The number of ether oxygens (including phenoxy) is 2. The maximum absolute atomic E-state index is 13.3. The first-order valence-corrected chi connectivity index (χ1v) is 20.9. The fraction of sp³-hybridized carbons (Fsp3) is 0.468. The van der Waals surface area contributed by atoms with Crippen molar-refractivity contribution in [3.05, 3.63) is 118 Å². The fourth-order valence-corrected chi connectivity index (χ4v) is 9.91. The van der Waals surface area contributed by atoms with Crippen molar-refractivity contribution >= 4 is 29.2 Å². The molecule has 3 aliphatic carbocycles. The summed E-state index contributed by atoms with van der Waals surface area (Å²) in [4.78, 5) is 32.2. The van der Waals surface area contributed by atoms with Gasteiger partial charge in [0.25, 0.3) is 0 Å². The average molecular weight is 796 g/mol. The number of halogens is 2. The highest BCUT2D eigenvalue weighted by atomic mass is 35.5. The molecular formula is C47H55ClFN3O5. The number of aryl methyl sites for hydroxylation is 1. The minimum Gasteiger partial charge on any atom is -0.494 e. The molecule has 10 heteroatoms. The molecule has 1 fully saturated rings. The van der Waals surface area contributed by atoms with E-state index in [2.05, 4.69) is 36.3 Å². The molecule has 1 amide bonds. The van der Waals surface area contributed by atoms with Gasteiger partial charge in [0.15, 0.2) is 0 Å². The Morgan fingerprint density at radius 3 is 2.60 bits per heavy atom. The number of fused-ring (bicyclic) bond motifs is 3. The molecule has 302 valence electrons. The van der Waals surface area contributed by atoms with Gasteiger partial charge in [-0.15, -0.1) is 0 Å². The molecule has 0 aliphatic heterocycles. The minimum absolute atomic E-state index is 0.00519. The summed E-state index contributed by atoms with van der Waals surface area (Å²) in [6, 6.07) is 21.9. The van der Waals surface area contributed by atoms with E-state index in [4.69, 9.17) is 21.1 Å². The molecule has 0 bridgehead atoms. The predicted molar refractivity (Wildman–Crippen MR) is 222 cm³/mol. The predicted octanol–water partition coefficient (Wildman–Crippen LogP) is 10.2. The summed E-state index contributed by atoms with van der Waals surface area (Å²) in [6.45, 7) is 5.95. The molecule has 8 nitrogen and oxygen atoms in total. The molecule has 1 saturated carbocycles. The van der Waals surface area contributed by atoms with Gasteiger partial charge in [-0.2, -0.15) is 0 Å². The van der Waals surface area contributed by atoms with Gasteiger partial charge >= 0.3 is 5.97 Å². The highest BCUT2D eigenvalue weighted by Gasteiger charge is 2.54. The van der Waals surface area contributed by atoms with Crippen LogP contribution >= 0.6 is 11.6 Å². The van der Waals surface area contributed by atoms with Crippen molar-refractivity contribution < 1.29 is 28.6 Å². The Hall–Kier alpha value is -4.63. The molecule has 57 heavy (non-hydrogen) atoms. The van der Waals surface area contributed by atoms with E-state index in [1.165, 1.54) is 34.5 Å². The number of benzene rings is 3. The third kappa shape index (κ3) is 9.09. The molecule has 0 unspecified atom stereocenters. The average Bonchev–Trinajstić information content (AvgIpc) is 3.48. The lowest BCUT2D eigenvalue weighted by Gasteiger charge is -2.47. The van der Waals surface area contributed by atoms with Gasteiger partial charge in [-0.25, -0.2) is 9.18 Å². The molecule has 0 saturated heterocycles. The molecular weight excluding hydrogens is 741 g/mol.